The van der Waals surface area contributed by atoms with Crippen LogP contribution in [0.5, 0.6) is 0 Å². The summed E-state index contributed by atoms with van der Waals surface area (Å²) in [6.07, 6.45) is 5.60. The van der Waals surface area contributed by atoms with Gasteiger partial charge in [0, 0.05) is 11.5 Å². The van der Waals surface area contributed by atoms with E-state index in [1.165, 1.54) is 17.2 Å². The lowest BCUT2D eigenvalue weighted by molar-refractivity contribution is 0.424. The second kappa shape index (κ2) is 5.35. The monoisotopic (exact) mass is 292 g/mol. The van der Waals surface area contributed by atoms with Gasteiger partial charge in [-0.3, -0.25) is 0 Å². The molecule has 0 aliphatic heterocycles. The van der Waals surface area contributed by atoms with Crippen LogP contribution in [0.1, 0.15) is 43.8 Å². The highest BCUT2D eigenvalue weighted by Gasteiger charge is 2.24. The Balaban J connectivity index is 2.01. The highest BCUT2D eigenvalue weighted by atomic mass is 19.2. The Morgan fingerprint density at radius 3 is 2.48 bits per heavy atom. The first-order chi connectivity index (χ1) is 10.1. The molecule has 1 aromatic carbocycles. The Kier molecular flexibility index (Phi) is 3.53. The molecule has 0 spiro atoms. The highest BCUT2D eigenvalue weighted by Crippen LogP contribution is 2.35. The largest absolute Gasteiger partial charge is 0.382 e. The molecule has 0 saturated heterocycles. The Morgan fingerprint density at radius 1 is 1.10 bits per heavy atom. The van der Waals surface area contributed by atoms with Gasteiger partial charge in [0.25, 0.3) is 0 Å². The summed E-state index contributed by atoms with van der Waals surface area (Å²) in [5.74, 6) is 5.48. The molecular formula is C15H18F2N4. The summed E-state index contributed by atoms with van der Waals surface area (Å²) in [5.41, 5.74) is 6.84. The van der Waals surface area contributed by atoms with Crippen molar-refractivity contribution in [3.63, 3.8) is 0 Å². The number of aromatic nitrogens is 2. The van der Waals surface area contributed by atoms with E-state index in [1.807, 2.05) is 0 Å². The number of imidazole rings is 1. The number of nitrogens with two attached hydrogens (primary N) is 2. The van der Waals surface area contributed by atoms with Crippen molar-refractivity contribution in [2.45, 2.75) is 38.0 Å². The predicted octanol–water partition coefficient (Wildman–Crippen LogP) is 3.17. The summed E-state index contributed by atoms with van der Waals surface area (Å²) in [4.78, 5) is 4.50. The lowest BCUT2D eigenvalue weighted by atomic mass is 9.89. The molecule has 4 nitrogen and oxygen atoms in total. The molecule has 1 fully saturated rings. The fourth-order valence-corrected chi connectivity index (χ4v) is 2.97. The van der Waals surface area contributed by atoms with Crippen molar-refractivity contribution < 1.29 is 8.78 Å². The minimum Gasteiger partial charge on any atom is -0.382 e. The molecule has 1 aromatic heterocycles. The van der Waals surface area contributed by atoms with E-state index < -0.39 is 11.6 Å². The average Bonchev–Trinajstić information content (AvgIpc) is 2.79. The number of benzene rings is 1. The van der Waals surface area contributed by atoms with Crippen molar-refractivity contribution in [3.05, 3.63) is 35.7 Å². The van der Waals surface area contributed by atoms with Gasteiger partial charge in [0.2, 0.25) is 0 Å². The van der Waals surface area contributed by atoms with Crippen molar-refractivity contribution in [1.82, 2.24) is 9.66 Å². The molecule has 21 heavy (non-hydrogen) atoms. The average molecular weight is 292 g/mol. The van der Waals surface area contributed by atoms with E-state index in [4.69, 9.17) is 11.6 Å². The number of nitrogens with zero attached hydrogens (tertiary/aromatic N) is 2. The Morgan fingerprint density at radius 2 is 1.81 bits per heavy atom. The molecule has 1 saturated carbocycles. The van der Waals surface area contributed by atoms with Crippen LogP contribution in [0.2, 0.25) is 0 Å². The summed E-state index contributed by atoms with van der Waals surface area (Å²) < 4.78 is 27.8. The molecule has 0 bridgehead atoms. The number of rotatable bonds is 2. The van der Waals surface area contributed by atoms with Gasteiger partial charge < -0.3 is 11.6 Å². The Bertz CT molecular complexity index is 660. The minimum absolute atomic E-state index is 0.279. The zero-order valence-electron chi connectivity index (χ0n) is 11.6. The van der Waals surface area contributed by atoms with Gasteiger partial charge in [-0.15, -0.1) is 0 Å². The second-order valence-electron chi connectivity index (χ2n) is 5.54. The fraction of sp³-hybridized carbons (Fsp3) is 0.400. The van der Waals surface area contributed by atoms with E-state index in [1.54, 1.807) is 0 Å². The molecule has 112 valence electrons. The topological polar surface area (TPSA) is 69.9 Å². The number of anilines is 1. The first-order valence-corrected chi connectivity index (χ1v) is 7.16. The van der Waals surface area contributed by atoms with E-state index in [-0.39, 0.29) is 11.7 Å². The first-order valence-electron chi connectivity index (χ1n) is 7.16. The maximum Gasteiger partial charge on any atom is 0.159 e. The van der Waals surface area contributed by atoms with Crippen LogP contribution in [0.15, 0.2) is 18.2 Å². The normalized spacial score (nSPS) is 16.3. The van der Waals surface area contributed by atoms with Gasteiger partial charge in [0.05, 0.1) is 0 Å². The number of hydrogen-bond acceptors (Lipinski definition) is 3. The zero-order valence-corrected chi connectivity index (χ0v) is 11.6. The van der Waals surface area contributed by atoms with Gasteiger partial charge in [-0.05, 0) is 31.0 Å². The van der Waals surface area contributed by atoms with Gasteiger partial charge in [-0.1, -0.05) is 19.3 Å². The molecule has 1 heterocycles. The smallest absolute Gasteiger partial charge is 0.159 e. The maximum atomic E-state index is 13.4. The molecule has 1 aliphatic rings. The van der Waals surface area contributed by atoms with E-state index in [2.05, 4.69) is 4.98 Å². The van der Waals surface area contributed by atoms with Crippen LogP contribution in [-0.2, 0) is 0 Å². The fourth-order valence-electron chi connectivity index (χ4n) is 2.97. The Hall–Kier alpha value is -2.11. The third-order valence-electron chi connectivity index (χ3n) is 4.14. The molecule has 0 atom stereocenters. The minimum atomic E-state index is -0.919. The molecule has 2 aromatic rings. The quantitative estimate of drug-likeness (QED) is 0.835. The number of nitrogen functional groups attached to an aromatic ring is 2. The van der Waals surface area contributed by atoms with E-state index in [0.29, 0.717) is 11.3 Å². The summed E-state index contributed by atoms with van der Waals surface area (Å²) in [6, 6.07) is 3.63. The van der Waals surface area contributed by atoms with Crippen LogP contribution in [0, 0.1) is 11.6 Å². The SMILES string of the molecule is Nc1c(-c2ccc(F)c(F)c2)nc(C2CCCCC2)n1N. The van der Waals surface area contributed by atoms with E-state index in [9.17, 15) is 8.78 Å². The Labute approximate surface area is 121 Å². The molecule has 6 heteroatoms. The van der Waals surface area contributed by atoms with Crippen molar-refractivity contribution in [1.29, 1.82) is 0 Å². The predicted molar refractivity (Wildman–Crippen MR) is 78.0 cm³/mol. The van der Waals surface area contributed by atoms with Gasteiger partial charge >= 0.3 is 0 Å². The van der Waals surface area contributed by atoms with E-state index in [0.717, 1.165) is 43.6 Å². The number of halogens is 2. The standard InChI is InChI=1S/C15H18F2N4/c16-11-7-6-10(8-12(11)17)13-14(18)21(19)15(20-13)9-4-2-1-3-5-9/h6-9H,1-5,18-19H2. The second-order valence-corrected chi connectivity index (χ2v) is 5.54. The third kappa shape index (κ3) is 2.46. The maximum absolute atomic E-state index is 13.4. The summed E-state index contributed by atoms with van der Waals surface area (Å²) in [7, 11) is 0. The molecular weight excluding hydrogens is 274 g/mol. The van der Waals surface area contributed by atoms with Gasteiger partial charge in [-0.25, -0.2) is 18.4 Å². The lowest BCUT2D eigenvalue weighted by Gasteiger charge is -2.20. The molecule has 0 amide bonds. The summed E-state index contributed by atoms with van der Waals surface area (Å²) >= 11 is 0. The van der Waals surface area contributed by atoms with Crippen LogP contribution in [0.3, 0.4) is 0 Å². The van der Waals surface area contributed by atoms with Crippen molar-refractivity contribution >= 4 is 5.82 Å². The molecule has 0 radical (unpaired) electrons. The third-order valence-corrected chi connectivity index (χ3v) is 4.14. The van der Waals surface area contributed by atoms with Crippen LogP contribution < -0.4 is 11.6 Å². The van der Waals surface area contributed by atoms with Crippen LogP contribution in [0.4, 0.5) is 14.6 Å². The summed E-state index contributed by atoms with van der Waals surface area (Å²) in [6.45, 7) is 0. The van der Waals surface area contributed by atoms with Gasteiger partial charge in [0.15, 0.2) is 17.5 Å². The van der Waals surface area contributed by atoms with Crippen LogP contribution in [-0.4, -0.2) is 9.66 Å². The van der Waals surface area contributed by atoms with Crippen LogP contribution >= 0.6 is 0 Å². The highest BCUT2D eigenvalue weighted by molar-refractivity contribution is 5.71. The van der Waals surface area contributed by atoms with Crippen LogP contribution in [0.25, 0.3) is 11.3 Å². The summed E-state index contributed by atoms with van der Waals surface area (Å²) in [5, 5.41) is 0. The van der Waals surface area contributed by atoms with Crippen molar-refractivity contribution in [3.8, 4) is 11.3 Å². The van der Waals surface area contributed by atoms with Gasteiger partial charge in [-0.2, -0.15) is 0 Å². The lowest BCUT2D eigenvalue weighted by Crippen LogP contribution is -2.19. The first kappa shape index (κ1) is 13.9. The molecule has 0 unspecified atom stereocenters. The molecule has 1 aliphatic carbocycles. The molecule has 4 N–H and O–H groups in total. The van der Waals surface area contributed by atoms with Gasteiger partial charge in [0.1, 0.15) is 11.5 Å². The zero-order chi connectivity index (χ0) is 15.0. The van der Waals surface area contributed by atoms with Crippen molar-refractivity contribution in [2.24, 2.45) is 0 Å². The van der Waals surface area contributed by atoms with Crippen molar-refractivity contribution in [2.75, 3.05) is 11.6 Å². The number of hydrogen-bond donors (Lipinski definition) is 2. The molecule has 3 rings (SSSR count). The van der Waals surface area contributed by atoms with E-state index >= 15 is 0 Å².